The van der Waals surface area contributed by atoms with E-state index in [9.17, 15) is 13.2 Å². The average molecular weight is 467 g/mol. The van der Waals surface area contributed by atoms with Crippen LogP contribution >= 0.6 is 11.6 Å². The highest BCUT2D eigenvalue weighted by molar-refractivity contribution is 6.29. The molecule has 32 heavy (non-hydrogen) atoms. The molecule has 0 amide bonds. The van der Waals surface area contributed by atoms with E-state index in [1.54, 1.807) is 0 Å². The molecule has 6 nitrogen and oxygen atoms in total. The van der Waals surface area contributed by atoms with Crippen LogP contribution in [0.2, 0.25) is 5.15 Å². The van der Waals surface area contributed by atoms with E-state index < -0.39 is 12.1 Å². The number of aryl methyl sites for hydroxylation is 2. The van der Waals surface area contributed by atoms with Gasteiger partial charge in [-0.1, -0.05) is 23.7 Å². The number of aromatic nitrogens is 3. The summed E-state index contributed by atoms with van der Waals surface area (Å²) in [7, 11) is 0. The number of benzene rings is 1. The summed E-state index contributed by atoms with van der Waals surface area (Å²) in [4.78, 5) is 17.4. The summed E-state index contributed by atoms with van der Waals surface area (Å²) in [6.07, 6.45) is 2.91. The van der Waals surface area contributed by atoms with Gasteiger partial charge >= 0.3 is 12.1 Å². The van der Waals surface area contributed by atoms with Crippen LogP contribution in [0.25, 0.3) is 5.69 Å². The number of alkyl halides is 3. The Morgan fingerprint density at radius 1 is 1.22 bits per heavy atom. The third kappa shape index (κ3) is 5.66. The van der Waals surface area contributed by atoms with Gasteiger partial charge < -0.3 is 15.0 Å². The predicted octanol–water partition coefficient (Wildman–Crippen LogP) is 4.95. The van der Waals surface area contributed by atoms with Crippen molar-refractivity contribution in [2.24, 2.45) is 0 Å². The highest BCUT2D eigenvalue weighted by atomic mass is 35.5. The van der Waals surface area contributed by atoms with Crippen molar-refractivity contribution in [1.82, 2.24) is 19.9 Å². The Labute approximate surface area is 188 Å². The third-order valence-electron chi connectivity index (χ3n) is 5.32. The summed E-state index contributed by atoms with van der Waals surface area (Å²) in [5.41, 5.74) is 5.03. The molecule has 0 bridgehead atoms. The van der Waals surface area contributed by atoms with E-state index in [1.165, 1.54) is 16.7 Å². The lowest BCUT2D eigenvalue weighted by molar-refractivity contribution is -0.192. The fourth-order valence-corrected chi connectivity index (χ4v) is 3.41. The van der Waals surface area contributed by atoms with Gasteiger partial charge in [-0.15, -0.1) is 0 Å². The smallest absolute Gasteiger partial charge is 0.475 e. The lowest BCUT2D eigenvalue weighted by Crippen LogP contribution is -2.28. The number of carboxylic acid groups (broad SMARTS) is 1. The topological polar surface area (TPSA) is 80.0 Å². The van der Waals surface area contributed by atoms with E-state index in [0.29, 0.717) is 5.15 Å². The Morgan fingerprint density at radius 2 is 1.91 bits per heavy atom. The minimum atomic E-state index is -5.08. The van der Waals surface area contributed by atoms with Gasteiger partial charge in [0.1, 0.15) is 11.0 Å². The highest BCUT2D eigenvalue weighted by Crippen LogP contribution is 2.45. The Balaban J connectivity index is 0.000000360. The van der Waals surface area contributed by atoms with Crippen LogP contribution in [-0.4, -0.2) is 31.8 Å². The molecule has 0 atom stereocenters. The summed E-state index contributed by atoms with van der Waals surface area (Å²) in [5, 5.41) is 11.4. The maximum atomic E-state index is 10.6. The van der Waals surface area contributed by atoms with E-state index in [0.717, 1.165) is 30.9 Å². The van der Waals surface area contributed by atoms with Gasteiger partial charge in [0.2, 0.25) is 0 Å². The minimum absolute atomic E-state index is 0.0592. The highest BCUT2D eigenvalue weighted by Gasteiger charge is 2.44. The number of rotatable bonds is 5. The largest absolute Gasteiger partial charge is 0.490 e. The van der Waals surface area contributed by atoms with E-state index >= 15 is 0 Å². The van der Waals surface area contributed by atoms with E-state index in [2.05, 4.69) is 51.0 Å². The second kappa shape index (κ2) is 9.30. The lowest BCUT2D eigenvalue weighted by atomic mass is 10.0. The molecule has 1 aliphatic carbocycles. The molecular formula is C22H22ClF3N4O2. The second-order valence-electron chi connectivity index (χ2n) is 7.56. The van der Waals surface area contributed by atoms with Gasteiger partial charge in [0.05, 0.1) is 0 Å². The number of aliphatic carboxylic acids is 1. The number of imidazole rings is 1. The number of hydrogen-bond acceptors (Lipinski definition) is 4. The average Bonchev–Trinajstić information content (AvgIpc) is 3.40. The number of hydrogen-bond donors (Lipinski definition) is 2. The van der Waals surface area contributed by atoms with Crippen LogP contribution in [0.4, 0.5) is 13.2 Å². The Morgan fingerprint density at radius 3 is 2.38 bits per heavy atom. The zero-order valence-electron chi connectivity index (χ0n) is 17.4. The van der Waals surface area contributed by atoms with Crippen LogP contribution in [0.3, 0.4) is 0 Å². The van der Waals surface area contributed by atoms with Crippen molar-refractivity contribution in [3.63, 3.8) is 0 Å². The molecule has 1 aliphatic rings. The molecule has 0 saturated heterocycles. The summed E-state index contributed by atoms with van der Waals surface area (Å²) in [5.74, 6) is -1.76. The van der Waals surface area contributed by atoms with E-state index in [1.807, 2.05) is 31.6 Å². The van der Waals surface area contributed by atoms with Crippen molar-refractivity contribution in [2.45, 2.75) is 44.9 Å². The number of pyridine rings is 1. The Hall–Kier alpha value is -2.91. The van der Waals surface area contributed by atoms with Crippen LogP contribution in [-0.2, 0) is 16.9 Å². The van der Waals surface area contributed by atoms with Crippen molar-refractivity contribution in [3.8, 4) is 5.69 Å². The fraction of sp³-hybridized carbons (Fsp3) is 0.318. The molecular weight excluding hydrogens is 445 g/mol. The SMILES string of the molecule is Cc1cc(-n2ccnc2C)ccc1CNC1(c2ccc(Cl)nc2)CC1.O=C(O)C(F)(F)F. The van der Waals surface area contributed by atoms with Crippen LogP contribution in [0.15, 0.2) is 48.9 Å². The number of carbonyl (C=O) groups is 1. The normalized spacial score (nSPS) is 14.4. The molecule has 2 N–H and O–H groups in total. The molecule has 3 aromatic rings. The summed E-state index contributed by atoms with van der Waals surface area (Å²) in [6.45, 7) is 5.02. The first-order valence-electron chi connectivity index (χ1n) is 9.79. The first-order chi connectivity index (χ1) is 15.0. The molecule has 2 heterocycles. The maximum Gasteiger partial charge on any atom is 0.490 e. The first-order valence-corrected chi connectivity index (χ1v) is 10.2. The van der Waals surface area contributed by atoms with Crippen molar-refractivity contribution in [1.29, 1.82) is 0 Å². The van der Waals surface area contributed by atoms with Gasteiger partial charge in [-0.2, -0.15) is 13.2 Å². The van der Waals surface area contributed by atoms with Crippen LogP contribution in [0, 0.1) is 13.8 Å². The number of nitrogens with one attached hydrogen (secondary N) is 1. The Bertz CT molecular complexity index is 1090. The molecule has 1 saturated carbocycles. The zero-order chi connectivity index (χ0) is 23.5. The number of carboxylic acids is 1. The van der Waals surface area contributed by atoms with Gasteiger partial charge in [0, 0.05) is 36.4 Å². The van der Waals surface area contributed by atoms with Gasteiger partial charge in [0.15, 0.2) is 0 Å². The van der Waals surface area contributed by atoms with Crippen LogP contribution in [0.5, 0.6) is 0 Å². The van der Waals surface area contributed by atoms with Gasteiger partial charge in [-0.25, -0.2) is 14.8 Å². The van der Waals surface area contributed by atoms with E-state index in [-0.39, 0.29) is 5.54 Å². The van der Waals surface area contributed by atoms with Crippen molar-refractivity contribution >= 4 is 17.6 Å². The Kier molecular flexibility index (Phi) is 6.90. The summed E-state index contributed by atoms with van der Waals surface area (Å²) in [6, 6.07) is 10.5. The molecule has 10 heteroatoms. The molecule has 0 unspecified atom stereocenters. The molecule has 0 spiro atoms. The minimum Gasteiger partial charge on any atom is -0.475 e. The van der Waals surface area contributed by atoms with Crippen molar-refractivity contribution in [3.05, 3.63) is 76.6 Å². The molecule has 1 fully saturated rings. The van der Waals surface area contributed by atoms with Gasteiger partial charge in [-0.05, 0) is 61.6 Å². The predicted molar refractivity (Wildman–Crippen MR) is 114 cm³/mol. The summed E-state index contributed by atoms with van der Waals surface area (Å²) >= 11 is 5.91. The molecule has 0 radical (unpaired) electrons. The maximum absolute atomic E-state index is 10.6. The molecule has 170 valence electrons. The molecule has 4 rings (SSSR count). The standard InChI is InChI=1S/C20H21ClN4.C2HF3O2/c1-14-11-18(25-10-9-22-15(25)2)5-3-16(14)12-24-20(7-8-20)17-4-6-19(21)23-13-17;3-2(4,5)1(6)7/h3-6,9-11,13,24H,7-8,12H2,1-2H3;(H,6,7). The van der Waals surface area contributed by atoms with Gasteiger partial charge in [0.25, 0.3) is 0 Å². The molecule has 1 aromatic carbocycles. The van der Waals surface area contributed by atoms with Crippen LogP contribution in [0.1, 0.15) is 35.4 Å². The van der Waals surface area contributed by atoms with E-state index in [4.69, 9.17) is 21.5 Å². The summed E-state index contributed by atoms with van der Waals surface area (Å²) < 4.78 is 33.8. The number of halogens is 4. The van der Waals surface area contributed by atoms with Crippen molar-refractivity contribution in [2.75, 3.05) is 0 Å². The second-order valence-corrected chi connectivity index (χ2v) is 7.95. The molecule has 2 aromatic heterocycles. The monoisotopic (exact) mass is 466 g/mol. The zero-order valence-corrected chi connectivity index (χ0v) is 18.2. The first kappa shape index (κ1) is 23.7. The van der Waals surface area contributed by atoms with Crippen LogP contribution < -0.4 is 5.32 Å². The fourth-order valence-electron chi connectivity index (χ4n) is 3.29. The quantitative estimate of drug-likeness (QED) is 0.520. The number of nitrogens with zero attached hydrogens (tertiary/aromatic N) is 3. The third-order valence-corrected chi connectivity index (χ3v) is 5.54. The lowest BCUT2D eigenvalue weighted by Gasteiger charge is -2.19. The van der Waals surface area contributed by atoms with Crippen molar-refractivity contribution < 1.29 is 23.1 Å². The van der Waals surface area contributed by atoms with Gasteiger partial charge in [-0.3, -0.25) is 0 Å². The molecule has 0 aliphatic heterocycles.